The average molecular weight is 351 g/mol. The molecule has 24 heavy (non-hydrogen) atoms. The molecule has 2 unspecified atom stereocenters. The third kappa shape index (κ3) is 7.08. The maximum atomic E-state index is 11.7. The highest BCUT2D eigenvalue weighted by Crippen LogP contribution is 2.21. The fourth-order valence-electron chi connectivity index (χ4n) is 2.41. The number of rotatable bonds is 10. The van der Waals surface area contributed by atoms with Crippen LogP contribution in [0.2, 0.25) is 0 Å². The molecule has 0 aromatic rings. The van der Waals surface area contributed by atoms with Crippen molar-refractivity contribution in [2.24, 2.45) is 0 Å². The van der Waals surface area contributed by atoms with Gasteiger partial charge in [-0.25, -0.2) is 0 Å². The molecule has 0 bridgehead atoms. The Morgan fingerprint density at radius 3 is 2.42 bits per heavy atom. The smallest absolute Gasteiger partial charge is 0.200 e. The van der Waals surface area contributed by atoms with E-state index < -0.39 is 37.3 Å². The molecule has 142 valence electrons. The molecule has 1 heterocycles. The highest BCUT2D eigenvalue weighted by molar-refractivity contribution is 5.81. The lowest BCUT2D eigenvalue weighted by Crippen LogP contribution is -2.59. The summed E-state index contributed by atoms with van der Waals surface area (Å²) >= 11 is 0. The Morgan fingerprint density at radius 2 is 1.83 bits per heavy atom. The van der Waals surface area contributed by atoms with Crippen molar-refractivity contribution < 1.29 is 39.2 Å². The number of Topliss-reactive ketones (excluding diaryl/α,β-unsaturated/α-hetero) is 1. The van der Waals surface area contributed by atoms with Gasteiger partial charge >= 0.3 is 0 Å². The lowest BCUT2D eigenvalue weighted by atomic mass is 9.99. The molecule has 0 radical (unpaired) electrons. The minimum Gasteiger partial charge on any atom is -0.394 e. The Morgan fingerprint density at radius 1 is 1.17 bits per heavy atom. The van der Waals surface area contributed by atoms with E-state index in [4.69, 9.17) is 14.6 Å². The first kappa shape index (κ1) is 21.4. The minimum absolute atomic E-state index is 0.123. The number of ether oxygens (including phenoxy) is 2. The molecule has 0 spiro atoms. The lowest BCUT2D eigenvalue weighted by molar-refractivity contribution is -0.862. The van der Waals surface area contributed by atoms with Gasteiger partial charge in [0.1, 0.15) is 31.0 Å². The van der Waals surface area contributed by atoms with Crippen LogP contribution in [-0.2, 0) is 14.3 Å². The Hall–Kier alpha value is -0.650. The highest BCUT2D eigenvalue weighted by Gasteiger charge is 2.43. The van der Waals surface area contributed by atoms with E-state index in [-0.39, 0.29) is 18.9 Å². The van der Waals surface area contributed by atoms with Crippen molar-refractivity contribution in [2.45, 2.75) is 37.1 Å². The van der Waals surface area contributed by atoms with Gasteiger partial charge in [-0.2, -0.15) is 0 Å². The van der Waals surface area contributed by atoms with Crippen molar-refractivity contribution in [3.63, 3.8) is 0 Å². The number of nitrogens with one attached hydrogen (secondary N) is 1. The summed E-state index contributed by atoms with van der Waals surface area (Å²) in [6, 6.07) is 0. The summed E-state index contributed by atoms with van der Waals surface area (Å²) in [5.41, 5.74) is 0. The van der Waals surface area contributed by atoms with E-state index >= 15 is 0 Å². The van der Waals surface area contributed by atoms with E-state index in [0.29, 0.717) is 24.0 Å². The third-order valence-corrected chi connectivity index (χ3v) is 3.60. The van der Waals surface area contributed by atoms with Crippen molar-refractivity contribution >= 4 is 5.78 Å². The number of aliphatic hydroxyl groups is 4. The molecule has 1 aliphatic rings. The van der Waals surface area contributed by atoms with Crippen LogP contribution in [0.25, 0.3) is 0 Å². The second-order valence-corrected chi connectivity index (χ2v) is 7.09. The second kappa shape index (κ2) is 9.73. The molecule has 1 saturated heterocycles. The largest absolute Gasteiger partial charge is 0.394 e. The van der Waals surface area contributed by atoms with Crippen LogP contribution in [0.3, 0.4) is 0 Å². The van der Waals surface area contributed by atoms with Crippen molar-refractivity contribution in [1.29, 1.82) is 0 Å². The molecule has 0 amide bonds. The van der Waals surface area contributed by atoms with Gasteiger partial charge in [-0.15, -0.1) is 0 Å². The Labute approximate surface area is 142 Å². The van der Waals surface area contributed by atoms with Crippen LogP contribution in [0.5, 0.6) is 0 Å². The molecular weight excluding hydrogens is 320 g/mol. The molecule has 0 aromatic heterocycles. The number of likely N-dealkylation sites (N-methyl/N-ethyl adjacent to an activating group) is 1. The maximum Gasteiger partial charge on any atom is 0.200 e. The molecule has 9 heteroatoms. The highest BCUT2D eigenvalue weighted by atomic mass is 16.7. The van der Waals surface area contributed by atoms with Crippen LogP contribution in [0.15, 0.2) is 0 Å². The first-order valence-electron chi connectivity index (χ1n) is 8.10. The van der Waals surface area contributed by atoms with Gasteiger partial charge in [-0.1, -0.05) is 0 Å². The number of ketones is 1. The van der Waals surface area contributed by atoms with Crippen LogP contribution in [-0.4, -0.2) is 115 Å². The first-order valence-corrected chi connectivity index (χ1v) is 8.10. The van der Waals surface area contributed by atoms with Gasteiger partial charge in [0.05, 0.1) is 40.9 Å². The van der Waals surface area contributed by atoms with E-state index in [0.717, 1.165) is 0 Å². The van der Waals surface area contributed by atoms with Gasteiger partial charge in [-0.05, 0) is 13.0 Å². The van der Waals surface area contributed by atoms with Gasteiger partial charge in [0, 0.05) is 0 Å². The van der Waals surface area contributed by atoms with Gasteiger partial charge in [0.25, 0.3) is 0 Å². The molecule has 1 aliphatic heterocycles. The summed E-state index contributed by atoms with van der Waals surface area (Å²) in [4.78, 5) is 11.7. The number of carbonyl (C=O) groups is 1. The number of nitrogens with zero attached hydrogens (tertiary/aromatic N) is 1. The fourth-order valence-corrected chi connectivity index (χ4v) is 2.41. The number of hydrogen-bond acceptors (Lipinski definition) is 8. The van der Waals surface area contributed by atoms with Gasteiger partial charge in [-0.3, -0.25) is 4.79 Å². The zero-order valence-electron chi connectivity index (χ0n) is 14.6. The van der Waals surface area contributed by atoms with Crippen molar-refractivity contribution in [3.05, 3.63) is 0 Å². The van der Waals surface area contributed by atoms with Gasteiger partial charge in [0.15, 0.2) is 12.1 Å². The van der Waals surface area contributed by atoms with E-state index in [1.807, 2.05) is 21.1 Å². The zero-order chi connectivity index (χ0) is 18.3. The molecule has 0 aromatic carbocycles. The summed E-state index contributed by atoms with van der Waals surface area (Å²) in [6.07, 6.45) is -5.72. The Bertz CT molecular complexity index is 387. The first-order chi connectivity index (χ1) is 11.2. The number of aliphatic hydroxyl groups excluding tert-OH is 4. The summed E-state index contributed by atoms with van der Waals surface area (Å²) in [6.45, 7) is 1.05. The summed E-state index contributed by atoms with van der Waals surface area (Å²) in [5, 5.41) is 41.2. The molecule has 0 saturated carbocycles. The predicted molar refractivity (Wildman–Crippen MR) is 85.1 cm³/mol. The second-order valence-electron chi connectivity index (χ2n) is 7.09. The standard InChI is InChI=1S/C15H31N2O7/c1-17(2,3)8-10(19)7-16-5-4-6-23-15-14(22)13(21)12(20)11(9-18)24-15/h11-16,18,20-22H,4-9H2,1-3H3/q+1/t11?,12-,13-,14?,15+/m1/s1. The summed E-state index contributed by atoms with van der Waals surface area (Å²) < 4.78 is 11.2. The Kier molecular flexibility index (Phi) is 8.68. The number of hydrogen-bond donors (Lipinski definition) is 5. The normalized spacial score (nSPS) is 31.2. The van der Waals surface area contributed by atoms with Crippen molar-refractivity contribution in [1.82, 2.24) is 5.32 Å². The van der Waals surface area contributed by atoms with Crippen LogP contribution >= 0.6 is 0 Å². The molecular formula is C15H31N2O7+. The van der Waals surface area contributed by atoms with E-state index in [2.05, 4.69) is 5.32 Å². The van der Waals surface area contributed by atoms with E-state index in [9.17, 15) is 20.1 Å². The molecule has 1 rings (SSSR count). The van der Waals surface area contributed by atoms with E-state index in [1.165, 1.54) is 0 Å². The molecule has 5 atom stereocenters. The van der Waals surface area contributed by atoms with Crippen LogP contribution in [0.1, 0.15) is 6.42 Å². The topological polar surface area (TPSA) is 128 Å². The van der Waals surface area contributed by atoms with Crippen LogP contribution < -0.4 is 5.32 Å². The van der Waals surface area contributed by atoms with Crippen LogP contribution in [0.4, 0.5) is 0 Å². The summed E-state index contributed by atoms with van der Waals surface area (Å²) in [5.74, 6) is 0.123. The molecule has 5 N–H and O–H groups in total. The fraction of sp³-hybridized carbons (Fsp3) is 0.933. The number of carbonyl (C=O) groups excluding carboxylic acids is 1. The van der Waals surface area contributed by atoms with E-state index in [1.54, 1.807) is 0 Å². The average Bonchev–Trinajstić information content (AvgIpc) is 2.48. The quantitative estimate of drug-likeness (QED) is 0.209. The minimum atomic E-state index is -1.44. The molecule has 0 aliphatic carbocycles. The van der Waals surface area contributed by atoms with Crippen molar-refractivity contribution in [2.75, 3.05) is 54.0 Å². The molecule has 9 nitrogen and oxygen atoms in total. The third-order valence-electron chi connectivity index (χ3n) is 3.60. The van der Waals surface area contributed by atoms with Crippen LogP contribution in [0, 0.1) is 0 Å². The Balaban J connectivity index is 2.19. The van der Waals surface area contributed by atoms with Crippen molar-refractivity contribution in [3.8, 4) is 0 Å². The maximum absolute atomic E-state index is 11.7. The summed E-state index contributed by atoms with van der Waals surface area (Å²) in [7, 11) is 5.85. The number of quaternary nitrogens is 1. The predicted octanol–water partition coefficient (Wildman–Crippen LogP) is -2.94. The SMILES string of the molecule is C[N+](C)(C)CC(=O)CNCCCO[C@H]1OC(CO)[C@@H](O)[C@@H](O)C1O. The lowest BCUT2D eigenvalue weighted by Gasteiger charge is -2.39. The molecule has 1 fully saturated rings. The van der Waals surface area contributed by atoms with Gasteiger partial charge in [0.2, 0.25) is 0 Å². The zero-order valence-corrected chi connectivity index (χ0v) is 14.6. The van der Waals surface area contributed by atoms with Gasteiger partial charge < -0.3 is 39.7 Å². The monoisotopic (exact) mass is 351 g/mol.